The van der Waals surface area contributed by atoms with Crippen LogP contribution in [0.1, 0.15) is 40.6 Å². The van der Waals surface area contributed by atoms with E-state index in [4.69, 9.17) is 8.94 Å². The van der Waals surface area contributed by atoms with Crippen molar-refractivity contribution in [1.82, 2.24) is 19.5 Å². The summed E-state index contributed by atoms with van der Waals surface area (Å²) in [6, 6.07) is 8.16. The molecule has 0 N–H and O–H groups in total. The zero-order valence-electron chi connectivity index (χ0n) is 17.6. The molecule has 1 fully saturated rings. The molecular formula is C23H28N4O3. The van der Waals surface area contributed by atoms with E-state index in [9.17, 15) is 4.79 Å². The topological polar surface area (TPSA) is 67.7 Å². The molecule has 5 rings (SSSR count). The van der Waals surface area contributed by atoms with Crippen LogP contribution in [-0.2, 0) is 26.2 Å². The van der Waals surface area contributed by atoms with Crippen molar-refractivity contribution >= 4 is 0 Å². The van der Waals surface area contributed by atoms with E-state index in [0.29, 0.717) is 24.9 Å². The highest BCUT2D eigenvalue weighted by Gasteiger charge is 2.35. The molecule has 5 heterocycles. The van der Waals surface area contributed by atoms with Gasteiger partial charge < -0.3 is 13.5 Å². The van der Waals surface area contributed by atoms with Crippen LogP contribution in [0.4, 0.5) is 0 Å². The fourth-order valence-corrected chi connectivity index (χ4v) is 5.08. The molecule has 2 aliphatic rings. The van der Waals surface area contributed by atoms with Crippen molar-refractivity contribution in [3.8, 4) is 0 Å². The van der Waals surface area contributed by atoms with Crippen LogP contribution in [0.5, 0.6) is 0 Å². The summed E-state index contributed by atoms with van der Waals surface area (Å²) in [6.45, 7) is 6.89. The summed E-state index contributed by atoms with van der Waals surface area (Å²) in [5.41, 5.74) is 4.28. The van der Waals surface area contributed by atoms with E-state index in [-0.39, 0.29) is 5.56 Å². The summed E-state index contributed by atoms with van der Waals surface area (Å²) in [7, 11) is 2.00. The summed E-state index contributed by atoms with van der Waals surface area (Å²) in [5.74, 6) is 1.76. The number of fused-ring (bicyclic) bond motifs is 4. The Morgan fingerprint density at radius 1 is 1.20 bits per heavy atom. The van der Waals surface area contributed by atoms with E-state index in [1.165, 1.54) is 17.7 Å². The zero-order valence-corrected chi connectivity index (χ0v) is 17.6. The molecule has 1 saturated heterocycles. The van der Waals surface area contributed by atoms with Crippen molar-refractivity contribution in [3.63, 3.8) is 0 Å². The van der Waals surface area contributed by atoms with Crippen molar-refractivity contribution in [2.75, 3.05) is 20.1 Å². The first-order valence-corrected chi connectivity index (χ1v) is 10.6. The summed E-state index contributed by atoms with van der Waals surface area (Å²) in [4.78, 5) is 17.8. The first-order valence-electron chi connectivity index (χ1n) is 10.6. The summed E-state index contributed by atoms with van der Waals surface area (Å²) in [6.07, 6.45) is 4.73. The van der Waals surface area contributed by atoms with E-state index in [1.54, 1.807) is 6.26 Å². The molecule has 30 heavy (non-hydrogen) atoms. The molecule has 7 nitrogen and oxygen atoms in total. The summed E-state index contributed by atoms with van der Waals surface area (Å²) < 4.78 is 12.6. The number of furan rings is 1. The molecule has 158 valence electrons. The molecule has 2 bridgehead atoms. The number of hydrogen-bond donors (Lipinski definition) is 0. The second-order valence-corrected chi connectivity index (χ2v) is 8.93. The molecule has 0 amide bonds. The number of pyridine rings is 1. The number of nitrogens with zero attached hydrogens (tertiary/aromatic N) is 4. The van der Waals surface area contributed by atoms with E-state index in [1.807, 2.05) is 43.0 Å². The number of likely N-dealkylation sites (tertiary alicyclic amines) is 1. The minimum absolute atomic E-state index is 0.158. The Kier molecular flexibility index (Phi) is 5.08. The molecule has 2 atom stereocenters. The molecule has 0 unspecified atom stereocenters. The van der Waals surface area contributed by atoms with Gasteiger partial charge in [0.25, 0.3) is 5.56 Å². The third kappa shape index (κ3) is 3.87. The average molecular weight is 409 g/mol. The first kappa shape index (κ1) is 19.3. The van der Waals surface area contributed by atoms with Crippen LogP contribution in [-0.4, -0.2) is 39.7 Å². The fraction of sp³-hybridized carbons (Fsp3) is 0.478. The van der Waals surface area contributed by atoms with Gasteiger partial charge in [-0.25, -0.2) is 0 Å². The number of aromatic nitrogens is 2. The quantitative estimate of drug-likeness (QED) is 0.625. The van der Waals surface area contributed by atoms with Gasteiger partial charge in [0.05, 0.1) is 24.8 Å². The van der Waals surface area contributed by atoms with Crippen LogP contribution in [0.3, 0.4) is 0 Å². The SMILES string of the molecule is Cc1cc(CN(C)Cc2ccc3n(c2=O)C[C@H]2C[C@@H]3CN(Cc3ccoc3)C2)on1. The van der Waals surface area contributed by atoms with Crippen molar-refractivity contribution < 1.29 is 8.94 Å². The first-order chi connectivity index (χ1) is 14.5. The molecule has 3 aromatic heterocycles. The van der Waals surface area contributed by atoms with Crippen molar-refractivity contribution in [2.45, 2.75) is 45.4 Å². The minimum Gasteiger partial charge on any atom is -0.472 e. The molecule has 0 saturated carbocycles. The average Bonchev–Trinajstić information content (AvgIpc) is 3.36. The number of rotatable bonds is 6. The second kappa shape index (κ2) is 7.89. The maximum absolute atomic E-state index is 13.2. The predicted octanol–water partition coefficient (Wildman–Crippen LogP) is 2.99. The third-order valence-electron chi connectivity index (χ3n) is 6.29. The van der Waals surface area contributed by atoms with E-state index >= 15 is 0 Å². The zero-order chi connectivity index (χ0) is 20.7. The maximum atomic E-state index is 13.2. The lowest BCUT2D eigenvalue weighted by Gasteiger charge is -2.43. The number of piperidine rings is 1. The Bertz CT molecular complexity index is 1070. The van der Waals surface area contributed by atoms with Gasteiger partial charge in [-0.3, -0.25) is 14.6 Å². The minimum atomic E-state index is 0.158. The van der Waals surface area contributed by atoms with E-state index in [0.717, 1.165) is 43.2 Å². The molecule has 2 aliphatic heterocycles. The fourth-order valence-electron chi connectivity index (χ4n) is 5.08. The normalized spacial score (nSPS) is 21.2. The highest BCUT2D eigenvalue weighted by Crippen LogP contribution is 2.35. The maximum Gasteiger partial charge on any atom is 0.255 e. The Morgan fingerprint density at radius 2 is 2.10 bits per heavy atom. The van der Waals surface area contributed by atoms with Gasteiger partial charge in [-0.15, -0.1) is 0 Å². The highest BCUT2D eigenvalue weighted by molar-refractivity contribution is 5.22. The van der Waals surface area contributed by atoms with Crippen molar-refractivity contribution in [3.05, 3.63) is 75.4 Å². The molecule has 7 heteroatoms. The summed E-state index contributed by atoms with van der Waals surface area (Å²) in [5, 5.41) is 3.94. The number of aryl methyl sites for hydroxylation is 1. The Hall–Kier alpha value is -2.64. The van der Waals surface area contributed by atoms with Gasteiger partial charge in [-0.2, -0.15) is 0 Å². The molecule has 0 radical (unpaired) electrons. The van der Waals surface area contributed by atoms with Gasteiger partial charge in [-0.1, -0.05) is 11.2 Å². The third-order valence-corrected chi connectivity index (χ3v) is 6.29. The van der Waals surface area contributed by atoms with E-state index in [2.05, 4.69) is 21.0 Å². The molecule has 0 spiro atoms. The summed E-state index contributed by atoms with van der Waals surface area (Å²) >= 11 is 0. The van der Waals surface area contributed by atoms with Gasteiger partial charge in [0, 0.05) is 61.5 Å². The lowest BCUT2D eigenvalue weighted by molar-refractivity contribution is 0.114. The lowest BCUT2D eigenvalue weighted by atomic mass is 9.83. The van der Waals surface area contributed by atoms with Crippen LogP contribution in [0.15, 0.2) is 50.5 Å². The Balaban J connectivity index is 1.31. The van der Waals surface area contributed by atoms with Crippen LogP contribution in [0, 0.1) is 12.8 Å². The van der Waals surface area contributed by atoms with Crippen LogP contribution in [0.25, 0.3) is 0 Å². The Labute approximate surface area is 175 Å². The van der Waals surface area contributed by atoms with Gasteiger partial charge >= 0.3 is 0 Å². The van der Waals surface area contributed by atoms with Gasteiger partial charge in [0.15, 0.2) is 5.76 Å². The number of hydrogen-bond acceptors (Lipinski definition) is 6. The predicted molar refractivity (Wildman–Crippen MR) is 112 cm³/mol. The van der Waals surface area contributed by atoms with E-state index < -0.39 is 0 Å². The van der Waals surface area contributed by atoms with Crippen LogP contribution >= 0.6 is 0 Å². The molecule has 3 aromatic rings. The lowest BCUT2D eigenvalue weighted by Crippen LogP contribution is -2.47. The van der Waals surface area contributed by atoms with Crippen molar-refractivity contribution in [2.24, 2.45) is 5.92 Å². The van der Waals surface area contributed by atoms with Gasteiger partial charge in [0.2, 0.25) is 0 Å². The molecule has 0 aliphatic carbocycles. The van der Waals surface area contributed by atoms with Gasteiger partial charge in [0.1, 0.15) is 0 Å². The standard InChI is InChI=1S/C23H28N4O3/c1-16-7-21(30-24-16)14-25(2)12-19-3-4-22-20-8-18(11-27(22)23(19)28)10-26(13-20)9-17-5-6-29-15-17/h3-7,15,18,20H,8-14H2,1-2H3/t18-,20+/m0/s1. The smallest absolute Gasteiger partial charge is 0.255 e. The Morgan fingerprint density at radius 3 is 2.87 bits per heavy atom. The largest absolute Gasteiger partial charge is 0.472 e. The van der Waals surface area contributed by atoms with Crippen LogP contribution < -0.4 is 5.56 Å². The van der Waals surface area contributed by atoms with Crippen molar-refractivity contribution in [1.29, 1.82) is 0 Å². The highest BCUT2D eigenvalue weighted by atomic mass is 16.5. The second-order valence-electron chi connectivity index (χ2n) is 8.93. The monoisotopic (exact) mass is 408 g/mol. The molecule has 0 aromatic carbocycles. The van der Waals surface area contributed by atoms with Gasteiger partial charge in [-0.05, 0) is 38.4 Å². The van der Waals surface area contributed by atoms with Crippen LogP contribution in [0.2, 0.25) is 0 Å². The molecular weight excluding hydrogens is 380 g/mol.